The molecule has 2 aliphatic rings. The lowest BCUT2D eigenvalue weighted by atomic mass is 9.90. The van der Waals surface area contributed by atoms with Gasteiger partial charge in [0.05, 0.1) is 29.8 Å². The van der Waals surface area contributed by atoms with Crippen LogP contribution in [0, 0.1) is 19.8 Å². The third-order valence-electron chi connectivity index (χ3n) is 3.88. The van der Waals surface area contributed by atoms with E-state index >= 15 is 0 Å². The molecule has 2 heterocycles. The molecule has 0 saturated heterocycles. The second kappa shape index (κ2) is 6.24. The van der Waals surface area contributed by atoms with Crippen molar-refractivity contribution in [3.63, 3.8) is 0 Å². The number of ether oxygens (including phenoxy) is 2. The van der Waals surface area contributed by atoms with Crippen LogP contribution in [0.2, 0.25) is 0 Å². The molecule has 3 rings (SSSR count). The second-order valence-electron chi connectivity index (χ2n) is 5.65. The molecule has 0 spiro atoms. The van der Waals surface area contributed by atoms with Crippen molar-refractivity contribution in [2.24, 2.45) is 5.92 Å². The number of hydrogen-bond donors (Lipinski definition) is 1. The number of aliphatic carboxylic acids is 1. The molecule has 23 heavy (non-hydrogen) atoms. The van der Waals surface area contributed by atoms with Crippen LogP contribution >= 0.6 is 0 Å². The number of aromatic nitrogens is 2. The standard InChI is InChI=1S/C17H18N2O4/c1-10-7-18-15(11(2)19-10)9-22-13-3-4-14-12(5-17(20)21)8-23-16(14)6-13/h3,6-8,14H,4-5,9H2,1-2H3,(H,20,21). The average Bonchev–Trinajstić information content (AvgIpc) is 2.88. The first-order valence-electron chi connectivity index (χ1n) is 7.44. The van der Waals surface area contributed by atoms with Crippen LogP contribution < -0.4 is 0 Å². The molecule has 1 unspecified atom stereocenters. The highest BCUT2D eigenvalue weighted by Crippen LogP contribution is 2.38. The Balaban J connectivity index is 1.62. The molecule has 6 nitrogen and oxygen atoms in total. The summed E-state index contributed by atoms with van der Waals surface area (Å²) in [6, 6.07) is 0. The van der Waals surface area contributed by atoms with Gasteiger partial charge >= 0.3 is 5.97 Å². The van der Waals surface area contributed by atoms with Crippen molar-refractivity contribution in [1.82, 2.24) is 9.97 Å². The maximum Gasteiger partial charge on any atom is 0.307 e. The monoisotopic (exact) mass is 314 g/mol. The summed E-state index contributed by atoms with van der Waals surface area (Å²) in [5.41, 5.74) is 3.33. The normalized spacial score (nSPS) is 19.2. The molecule has 0 amide bonds. The highest BCUT2D eigenvalue weighted by Gasteiger charge is 2.30. The van der Waals surface area contributed by atoms with E-state index in [4.69, 9.17) is 14.6 Å². The zero-order chi connectivity index (χ0) is 16.4. The van der Waals surface area contributed by atoms with Gasteiger partial charge in [-0.15, -0.1) is 0 Å². The SMILES string of the molecule is Cc1cnc(COC2=CCC3C(CC(=O)O)=COC3=C2)c(C)n1. The van der Waals surface area contributed by atoms with Gasteiger partial charge in [0, 0.05) is 18.2 Å². The molecule has 0 bridgehead atoms. The number of hydrogen-bond acceptors (Lipinski definition) is 5. The van der Waals surface area contributed by atoms with Crippen LogP contribution in [0.1, 0.15) is 29.9 Å². The van der Waals surface area contributed by atoms with E-state index in [-0.39, 0.29) is 12.3 Å². The molecule has 1 aromatic rings. The summed E-state index contributed by atoms with van der Waals surface area (Å²) in [6.45, 7) is 4.15. The Bertz CT molecular complexity index is 734. The van der Waals surface area contributed by atoms with Gasteiger partial charge in [-0.1, -0.05) is 0 Å². The Morgan fingerprint density at radius 1 is 1.48 bits per heavy atom. The molecule has 0 radical (unpaired) electrons. The van der Waals surface area contributed by atoms with Crippen LogP contribution in [0.15, 0.2) is 41.7 Å². The number of carbonyl (C=O) groups is 1. The van der Waals surface area contributed by atoms with Crippen molar-refractivity contribution < 1.29 is 19.4 Å². The Labute approximate surface area is 134 Å². The third kappa shape index (κ3) is 3.41. The molecule has 0 aromatic carbocycles. The lowest BCUT2D eigenvalue weighted by molar-refractivity contribution is -0.136. The Morgan fingerprint density at radius 3 is 3.04 bits per heavy atom. The van der Waals surface area contributed by atoms with Crippen LogP contribution in [0.4, 0.5) is 0 Å². The van der Waals surface area contributed by atoms with E-state index in [0.717, 1.165) is 28.4 Å². The van der Waals surface area contributed by atoms with Gasteiger partial charge in [-0.2, -0.15) is 0 Å². The van der Waals surface area contributed by atoms with Crippen molar-refractivity contribution in [3.05, 3.63) is 58.8 Å². The van der Waals surface area contributed by atoms with Crippen LogP contribution in [-0.4, -0.2) is 21.0 Å². The van der Waals surface area contributed by atoms with Crippen molar-refractivity contribution in [2.45, 2.75) is 33.3 Å². The van der Waals surface area contributed by atoms with Gasteiger partial charge in [0.15, 0.2) is 0 Å². The smallest absolute Gasteiger partial charge is 0.307 e. The number of aryl methyl sites for hydroxylation is 2. The summed E-state index contributed by atoms with van der Waals surface area (Å²) in [6.07, 6.45) is 7.71. The predicted molar refractivity (Wildman–Crippen MR) is 82.0 cm³/mol. The number of nitrogens with zero attached hydrogens (tertiary/aromatic N) is 2. The number of allylic oxidation sites excluding steroid dienone is 3. The van der Waals surface area contributed by atoms with Crippen molar-refractivity contribution in [3.8, 4) is 0 Å². The van der Waals surface area contributed by atoms with E-state index in [9.17, 15) is 4.79 Å². The minimum absolute atomic E-state index is 0.00415. The minimum atomic E-state index is -0.847. The van der Waals surface area contributed by atoms with Gasteiger partial charge in [0.25, 0.3) is 0 Å². The lowest BCUT2D eigenvalue weighted by Crippen LogP contribution is -2.10. The second-order valence-corrected chi connectivity index (χ2v) is 5.65. The molecule has 0 fully saturated rings. The average molecular weight is 314 g/mol. The lowest BCUT2D eigenvalue weighted by Gasteiger charge is -2.18. The maximum atomic E-state index is 10.8. The van der Waals surface area contributed by atoms with Gasteiger partial charge in [0.1, 0.15) is 18.1 Å². The fourth-order valence-electron chi connectivity index (χ4n) is 2.68. The van der Waals surface area contributed by atoms with Gasteiger partial charge < -0.3 is 14.6 Å². The quantitative estimate of drug-likeness (QED) is 0.900. The summed E-state index contributed by atoms with van der Waals surface area (Å²) >= 11 is 0. The summed E-state index contributed by atoms with van der Waals surface area (Å²) in [5.74, 6) is 0.619. The highest BCUT2D eigenvalue weighted by atomic mass is 16.5. The maximum absolute atomic E-state index is 10.8. The Hall–Kier alpha value is -2.63. The van der Waals surface area contributed by atoms with E-state index in [1.54, 1.807) is 6.20 Å². The summed E-state index contributed by atoms with van der Waals surface area (Å²) in [7, 11) is 0. The molecule has 1 aliphatic heterocycles. The van der Waals surface area contributed by atoms with Gasteiger partial charge in [-0.3, -0.25) is 14.8 Å². The van der Waals surface area contributed by atoms with Gasteiger partial charge in [-0.25, -0.2) is 0 Å². The summed E-state index contributed by atoms with van der Waals surface area (Å²) in [4.78, 5) is 19.5. The first kappa shape index (κ1) is 15.3. The number of carboxylic acid groups (broad SMARTS) is 1. The zero-order valence-electron chi connectivity index (χ0n) is 13.1. The summed E-state index contributed by atoms with van der Waals surface area (Å²) < 4.78 is 11.3. The molecule has 6 heteroatoms. The fraction of sp³-hybridized carbons (Fsp3) is 0.353. The van der Waals surface area contributed by atoms with E-state index < -0.39 is 5.97 Å². The van der Waals surface area contributed by atoms with Crippen LogP contribution in [0.3, 0.4) is 0 Å². The van der Waals surface area contributed by atoms with Gasteiger partial charge in [-0.05, 0) is 31.9 Å². The Kier molecular flexibility index (Phi) is 4.14. The molecule has 1 aromatic heterocycles. The number of carboxylic acids is 1. The number of rotatable bonds is 5. The minimum Gasteiger partial charge on any atom is -0.487 e. The molecule has 120 valence electrons. The van der Waals surface area contributed by atoms with E-state index in [2.05, 4.69) is 9.97 Å². The molecule has 1 N–H and O–H groups in total. The predicted octanol–water partition coefficient (Wildman–Crippen LogP) is 2.79. The molecule has 1 aliphatic carbocycles. The molecular weight excluding hydrogens is 296 g/mol. The molecule has 0 saturated carbocycles. The number of fused-ring (bicyclic) bond motifs is 1. The van der Waals surface area contributed by atoms with Crippen molar-refractivity contribution >= 4 is 5.97 Å². The molecular formula is C17H18N2O4. The molecule has 1 atom stereocenters. The zero-order valence-corrected chi connectivity index (χ0v) is 13.1. The van der Waals surface area contributed by atoms with Crippen LogP contribution in [0.5, 0.6) is 0 Å². The first-order chi connectivity index (χ1) is 11.0. The van der Waals surface area contributed by atoms with Crippen molar-refractivity contribution in [1.29, 1.82) is 0 Å². The topological polar surface area (TPSA) is 81.5 Å². The van der Waals surface area contributed by atoms with Crippen LogP contribution in [0.25, 0.3) is 0 Å². The Morgan fingerprint density at radius 2 is 2.30 bits per heavy atom. The van der Waals surface area contributed by atoms with E-state index in [1.807, 2.05) is 26.0 Å². The van der Waals surface area contributed by atoms with Crippen molar-refractivity contribution in [2.75, 3.05) is 0 Å². The van der Waals surface area contributed by atoms with Crippen LogP contribution in [-0.2, 0) is 20.9 Å². The van der Waals surface area contributed by atoms with E-state index in [0.29, 0.717) is 18.8 Å². The fourth-order valence-corrected chi connectivity index (χ4v) is 2.68. The first-order valence-corrected chi connectivity index (χ1v) is 7.44. The summed E-state index contributed by atoms with van der Waals surface area (Å²) in [5, 5.41) is 8.90. The highest BCUT2D eigenvalue weighted by molar-refractivity contribution is 5.70. The third-order valence-corrected chi connectivity index (χ3v) is 3.88. The van der Waals surface area contributed by atoms with Gasteiger partial charge in [0.2, 0.25) is 0 Å². The largest absolute Gasteiger partial charge is 0.487 e. The van der Waals surface area contributed by atoms with E-state index in [1.165, 1.54) is 6.26 Å².